The summed E-state index contributed by atoms with van der Waals surface area (Å²) in [7, 11) is 1.85. The van der Waals surface area contributed by atoms with E-state index in [2.05, 4.69) is 5.32 Å². The van der Waals surface area contributed by atoms with Crippen molar-refractivity contribution in [2.24, 2.45) is 0 Å². The molecule has 0 bridgehead atoms. The number of hydrogen-bond acceptors (Lipinski definition) is 2. The molecule has 0 heterocycles. The highest BCUT2D eigenvalue weighted by Gasteiger charge is 1.98. The van der Waals surface area contributed by atoms with Crippen LogP contribution in [-0.2, 0) is 0 Å². The van der Waals surface area contributed by atoms with Gasteiger partial charge in [0, 0.05) is 12.7 Å². The van der Waals surface area contributed by atoms with Crippen LogP contribution in [-0.4, -0.2) is 18.3 Å². The molecule has 0 aliphatic carbocycles. The first-order chi connectivity index (χ1) is 6.24. The Morgan fingerprint density at radius 3 is 2.46 bits per heavy atom. The van der Waals surface area contributed by atoms with Crippen LogP contribution < -0.4 is 5.32 Å². The topological polar surface area (TPSA) is 32.3 Å². The zero-order valence-corrected chi connectivity index (χ0v) is 7.99. The van der Waals surface area contributed by atoms with E-state index in [9.17, 15) is 5.11 Å². The van der Waals surface area contributed by atoms with Crippen LogP contribution in [0.1, 0.15) is 12.5 Å². The van der Waals surface area contributed by atoms with Gasteiger partial charge in [0.15, 0.2) is 0 Å². The summed E-state index contributed by atoms with van der Waals surface area (Å²) < 4.78 is 0. The maximum absolute atomic E-state index is 9.20. The Balaban J connectivity index is 2.91. The Labute approximate surface area is 78.9 Å². The van der Waals surface area contributed by atoms with Crippen LogP contribution in [0.3, 0.4) is 0 Å². The van der Waals surface area contributed by atoms with Crippen LogP contribution in [0.4, 0.5) is 0 Å². The quantitative estimate of drug-likeness (QED) is 0.735. The number of hydrogen-bond donors (Lipinski definition) is 2. The van der Waals surface area contributed by atoms with E-state index in [-0.39, 0.29) is 0 Å². The predicted molar refractivity (Wildman–Crippen MR) is 55.2 cm³/mol. The van der Waals surface area contributed by atoms with E-state index >= 15 is 0 Å². The molecule has 1 rings (SSSR count). The molecular formula is C11H15NO. The molecule has 0 aliphatic rings. The van der Waals surface area contributed by atoms with E-state index in [0.717, 1.165) is 11.3 Å². The highest BCUT2D eigenvalue weighted by atomic mass is 16.3. The van der Waals surface area contributed by atoms with Gasteiger partial charge in [-0.05, 0) is 18.6 Å². The van der Waals surface area contributed by atoms with Gasteiger partial charge in [0.1, 0.15) is 0 Å². The van der Waals surface area contributed by atoms with Gasteiger partial charge in [0.25, 0.3) is 0 Å². The van der Waals surface area contributed by atoms with Gasteiger partial charge in [-0.3, -0.25) is 0 Å². The minimum absolute atomic E-state index is 0.428. The van der Waals surface area contributed by atoms with Gasteiger partial charge in [-0.25, -0.2) is 0 Å². The van der Waals surface area contributed by atoms with E-state index < -0.39 is 6.10 Å². The molecule has 0 aromatic heterocycles. The highest BCUT2D eigenvalue weighted by Crippen LogP contribution is 2.10. The molecule has 0 saturated heterocycles. The first-order valence-corrected chi connectivity index (χ1v) is 4.37. The van der Waals surface area contributed by atoms with Gasteiger partial charge in [0.2, 0.25) is 0 Å². The van der Waals surface area contributed by atoms with E-state index in [1.807, 2.05) is 37.4 Å². The Bertz CT molecular complexity index is 277. The summed E-state index contributed by atoms with van der Waals surface area (Å²) in [6.45, 7) is 1.74. The average molecular weight is 177 g/mol. The summed E-state index contributed by atoms with van der Waals surface area (Å²) in [5.74, 6) is 0. The van der Waals surface area contributed by atoms with Gasteiger partial charge in [-0.2, -0.15) is 0 Å². The first kappa shape index (κ1) is 9.81. The number of aliphatic hydroxyl groups excluding tert-OH is 1. The Morgan fingerprint density at radius 1 is 1.38 bits per heavy atom. The lowest BCUT2D eigenvalue weighted by atomic mass is 10.1. The third kappa shape index (κ3) is 2.92. The molecule has 2 N–H and O–H groups in total. The lowest BCUT2D eigenvalue weighted by molar-refractivity contribution is 0.244. The standard InChI is InChI=1S/C11H15NO/c1-9(13)8-11(12-2)10-6-4-3-5-7-10/h3-9,12-13H,1-2H3. The lowest BCUT2D eigenvalue weighted by Crippen LogP contribution is -2.08. The van der Waals surface area contributed by atoms with Crippen molar-refractivity contribution in [3.8, 4) is 0 Å². The number of aliphatic hydroxyl groups is 1. The van der Waals surface area contributed by atoms with Crippen LogP contribution in [0.15, 0.2) is 36.4 Å². The second-order valence-electron chi connectivity index (χ2n) is 2.94. The normalized spacial score (nSPS) is 13.9. The number of benzene rings is 1. The van der Waals surface area contributed by atoms with Crippen LogP contribution in [0.5, 0.6) is 0 Å². The van der Waals surface area contributed by atoms with Gasteiger partial charge >= 0.3 is 0 Å². The average Bonchev–Trinajstić information content (AvgIpc) is 2.15. The molecule has 1 aromatic rings. The fraction of sp³-hybridized carbons (Fsp3) is 0.273. The SMILES string of the molecule is CNC(=CC(C)O)c1ccccc1. The van der Waals surface area contributed by atoms with Gasteiger partial charge in [0.05, 0.1) is 6.10 Å². The third-order valence-electron chi connectivity index (χ3n) is 1.76. The van der Waals surface area contributed by atoms with E-state index in [4.69, 9.17) is 0 Å². The van der Waals surface area contributed by atoms with Crippen LogP contribution >= 0.6 is 0 Å². The van der Waals surface area contributed by atoms with Crippen molar-refractivity contribution in [1.29, 1.82) is 0 Å². The molecule has 13 heavy (non-hydrogen) atoms. The molecule has 0 spiro atoms. The summed E-state index contributed by atoms with van der Waals surface area (Å²) in [6, 6.07) is 9.93. The van der Waals surface area contributed by atoms with E-state index in [0.29, 0.717) is 0 Å². The van der Waals surface area contributed by atoms with Crippen LogP contribution in [0.25, 0.3) is 5.70 Å². The summed E-state index contributed by atoms with van der Waals surface area (Å²) in [5.41, 5.74) is 2.04. The predicted octanol–water partition coefficient (Wildman–Crippen LogP) is 1.63. The maximum Gasteiger partial charge on any atom is 0.0715 e. The molecule has 0 fully saturated rings. The van der Waals surface area contributed by atoms with Crippen LogP contribution in [0, 0.1) is 0 Å². The largest absolute Gasteiger partial charge is 0.389 e. The number of nitrogens with one attached hydrogen (secondary N) is 1. The summed E-state index contributed by atoms with van der Waals surface area (Å²) >= 11 is 0. The van der Waals surface area contributed by atoms with Crippen molar-refractivity contribution in [3.63, 3.8) is 0 Å². The lowest BCUT2D eigenvalue weighted by Gasteiger charge is -2.07. The second-order valence-corrected chi connectivity index (χ2v) is 2.94. The number of rotatable bonds is 3. The fourth-order valence-corrected chi connectivity index (χ4v) is 1.18. The molecule has 1 atom stereocenters. The molecule has 70 valence electrons. The van der Waals surface area contributed by atoms with Crippen molar-refractivity contribution in [1.82, 2.24) is 5.32 Å². The second kappa shape index (κ2) is 4.67. The summed E-state index contributed by atoms with van der Waals surface area (Å²) in [4.78, 5) is 0. The zero-order valence-electron chi connectivity index (χ0n) is 7.99. The van der Waals surface area contributed by atoms with Gasteiger partial charge in [-0.1, -0.05) is 30.3 Å². The Morgan fingerprint density at radius 2 is 2.00 bits per heavy atom. The fourth-order valence-electron chi connectivity index (χ4n) is 1.18. The molecular weight excluding hydrogens is 162 g/mol. The monoisotopic (exact) mass is 177 g/mol. The van der Waals surface area contributed by atoms with Gasteiger partial charge < -0.3 is 10.4 Å². The molecule has 1 aromatic carbocycles. The molecule has 0 radical (unpaired) electrons. The molecule has 2 heteroatoms. The molecule has 0 amide bonds. The maximum atomic E-state index is 9.20. The molecule has 1 unspecified atom stereocenters. The van der Waals surface area contributed by atoms with E-state index in [1.165, 1.54) is 0 Å². The molecule has 0 saturated carbocycles. The van der Waals surface area contributed by atoms with Crippen molar-refractivity contribution in [2.75, 3.05) is 7.05 Å². The van der Waals surface area contributed by atoms with Crippen molar-refractivity contribution in [3.05, 3.63) is 42.0 Å². The summed E-state index contributed by atoms with van der Waals surface area (Å²) in [5, 5.41) is 12.2. The van der Waals surface area contributed by atoms with Gasteiger partial charge in [-0.15, -0.1) is 0 Å². The zero-order chi connectivity index (χ0) is 9.68. The van der Waals surface area contributed by atoms with E-state index in [1.54, 1.807) is 13.0 Å². The first-order valence-electron chi connectivity index (χ1n) is 4.37. The van der Waals surface area contributed by atoms with Crippen molar-refractivity contribution in [2.45, 2.75) is 13.0 Å². The minimum atomic E-state index is -0.428. The Kier molecular flexibility index (Phi) is 3.53. The highest BCUT2D eigenvalue weighted by molar-refractivity contribution is 5.63. The third-order valence-corrected chi connectivity index (χ3v) is 1.76. The van der Waals surface area contributed by atoms with Crippen molar-refractivity contribution < 1.29 is 5.11 Å². The molecule has 0 aliphatic heterocycles. The minimum Gasteiger partial charge on any atom is -0.389 e. The molecule has 2 nitrogen and oxygen atoms in total. The van der Waals surface area contributed by atoms with Crippen molar-refractivity contribution >= 4 is 5.70 Å². The summed E-state index contributed by atoms with van der Waals surface area (Å²) in [6.07, 6.45) is 1.36. The van der Waals surface area contributed by atoms with Crippen LogP contribution in [0.2, 0.25) is 0 Å². The Hall–Kier alpha value is -1.28. The smallest absolute Gasteiger partial charge is 0.0715 e.